The minimum atomic E-state index is -0.472. The lowest BCUT2D eigenvalue weighted by Crippen LogP contribution is -2.23. The number of rotatable bonds is 1. The molecule has 0 N–H and O–H groups in total. The van der Waals surface area contributed by atoms with Crippen LogP contribution in [0, 0.1) is 0 Å². The summed E-state index contributed by atoms with van der Waals surface area (Å²) in [5, 5.41) is 0.538. The van der Waals surface area contributed by atoms with E-state index in [0.29, 0.717) is 9.90 Å². The van der Waals surface area contributed by atoms with E-state index in [4.69, 9.17) is 16.3 Å². The number of ether oxygens (including phenoxy) is 1. The smallest absolute Gasteiger partial charge is 0.348 e. The number of hydrogen-bond acceptors (Lipinski definition) is 3. The molecule has 1 rings (SSSR count). The first-order chi connectivity index (χ1) is 6.29. The maximum atomic E-state index is 11.5. The van der Waals surface area contributed by atoms with E-state index in [1.165, 1.54) is 11.3 Å². The molecule has 1 heterocycles. The highest BCUT2D eigenvalue weighted by atomic mass is 79.9. The Morgan fingerprint density at radius 1 is 1.57 bits per heavy atom. The van der Waals surface area contributed by atoms with Crippen molar-refractivity contribution in [2.45, 2.75) is 26.4 Å². The van der Waals surface area contributed by atoms with Gasteiger partial charge in [0.15, 0.2) is 0 Å². The van der Waals surface area contributed by atoms with Crippen LogP contribution >= 0.6 is 38.9 Å². The average molecular weight is 298 g/mol. The van der Waals surface area contributed by atoms with Gasteiger partial charge in [0.2, 0.25) is 0 Å². The van der Waals surface area contributed by atoms with Gasteiger partial charge >= 0.3 is 5.97 Å². The highest BCUT2D eigenvalue weighted by molar-refractivity contribution is 9.11. The molecule has 14 heavy (non-hydrogen) atoms. The highest BCUT2D eigenvalue weighted by Gasteiger charge is 2.20. The minimum absolute atomic E-state index is 0.338. The van der Waals surface area contributed by atoms with Crippen LogP contribution in [0.2, 0.25) is 5.02 Å². The van der Waals surface area contributed by atoms with Crippen LogP contribution in [0.5, 0.6) is 0 Å². The van der Waals surface area contributed by atoms with Crippen molar-refractivity contribution >= 4 is 44.8 Å². The van der Waals surface area contributed by atoms with E-state index in [1.54, 1.807) is 6.07 Å². The molecule has 0 aliphatic rings. The van der Waals surface area contributed by atoms with E-state index in [1.807, 2.05) is 20.8 Å². The third-order valence-corrected chi connectivity index (χ3v) is 3.70. The molecule has 5 heteroatoms. The summed E-state index contributed by atoms with van der Waals surface area (Å²) in [5.74, 6) is -0.338. The van der Waals surface area contributed by atoms with Gasteiger partial charge in [-0.25, -0.2) is 4.79 Å². The topological polar surface area (TPSA) is 26.3 Å². The minimum Gasteiger partial charge on any atom is -0.456 e. The maximum Gasteiger partial charge on any atom is 0.348 e. The fourth-order valence-corrected chi connectivity index (χ4v) is 2.35. The van der Waals surface area contributed by atoms with Gasteiger partial charge in [-0.3, -0.25) is 0 Å². The van der Waals surface area contributed by atoms with Crippen LogP contribution in [0.15, 0.2) is 9.85 Å². The molecule has 0 atom stereocenters. The lowest BCUT2D eigenvalue weighted by atomic mass is 10.2. The molecule has 0 saturated heterocycles. The predicted octanol–water partition coefficient (Wildman–Crippen LogP) is 4.12. The highest BCUT2D eigenvalue weighted by Crippen LogP contribution is 2.32. The Bertz CT molecular complexity index is 335. The van der Waals surface area contributed by atoms with E-state index < -0.39 is 5.60 Å². The Kier molecular flexibility index (Phi) is 3.61. The van der Waals surface area contributed by atoms with Crippen molar-refractivity contribution in [2.75, 3.05) is 0 Å². The summed E-state index contributed by atoms with van der Waals surface area (Å²) in [6.45, 7) is 5.49. The molecule has 0 aliphatic carbocycles. The number of hydrogen-bond donors (Lipinski definition) is 0. The summed E-state index contributed by atoms with van der Waals surface area (Å²) in [6, 6.07) is 1.60. The standard InChI is InChI=1S/C9H10BrClO2S/c1-9(2,3)13-8(12)6-4-5(11)7(10)14-6/h4H,1-3H3. The molecular formula is C9H10BrClO2S. The van der Waals surface area contributed by atoms with E-state index in [9.17, 15) is 4.79 Å². The predicted molar refractivity (Wildman–Crippen MR) is 62.2 cm³/mol. The van der Waals surface area contributed by atoms with Gasteiger partial charge in [0.1, 0.15) is 10.5 Å². The van der Waals surface area contributed by atoms with Crippen LogP contribution in [0.3, 0.4) is 0 Å². The van der Waals surface area contributed by atoms with E-state index in [2.05, 4.69) is 15.9 Å². The fraction of sp³-hybridized carbons (Fsp3) is 0.444. The van der Waals surface area contributed by atoms with Crippen molar-refractivity contribution in [3.63, 3.8) is 0 Å². The second-order valence-corrected chi connectivity index (χ2v) is 6.51. The largest absolute Gasteiger partial charge is 0.456 e. The second-order valence-electron chi connectivity index (χ2n) is 3.73. The zero-order chi connectivity index (χ0) is 10.9. The zero-order valence-electron chi connectivity index (χ0n) is 8.06. The molecule has 0 spiro atoms. The Hall–Kier alpha value is -0.0600. The Labute approximate surface area is 100 Å². The molecule has 78 valence electrons. The molecular weight excluding hydrogens is 288 g/mol. The van der Waals surface area contributed by atoms with Crippen LogP contribution in [0.1, 0.15) is 30.4 Å². The first kappa shape index (κ1) is 12.0. The van der Waals surface area contributed by atoms with Crippen molar-refractivity contribution in [3.8, 4) is 0 Å². The van der Waals surface area contributed by atoms with E-state index in [0.717, 1.165) is 3.79 Å². The van der Waals surface area contributed by atoms with Crippen LogP contribution < -0.4 is 0 Å². The Balaban J connectivity index is 2.80. The van der Waals surface area contributed by atoms with Crippen LogP contribution in [-0.2, 0) is 4.74 Å². The quantitative estimate of drug-likeness (QED) is 0.729. The maximum absolute atomic E-state index is 11.5. The summed E-state index contributed by atoms with van der Waals surface area (Å²) in [5.41, 5.74) is -0.472. The average Bonchev–Trinajstić information content (AvgIpc) is 2.28. The van der Waals surface area contributed by atoms with Gasteiger partial charge in [0, 0.05) is 0 Å². The lowest BCUT2D eigenvalue weighted by molar-refractivity contribution is 0.00752. The van der Waals surface area contributed by atoms with Gasteiger partial charge in [-0.2, -0.15) is 0 Å². The summed E-state index contributed by atoms with van der Waals surface area (Å²) in [7, 11) is 0. The lowest BCUT2D eigenvalue weighted by Gasteiger charge is -2.18. The monoisotopic (exact) mass is 296 g/mol. The third kappa shape index (κ3) is 3.26. The van der Waals surface area contributed by atoms with Crippen molar-refractivity contribution in [1.29, 1.82) is 0 Å². The number of carbonyl (C=O) groups is 1. The first-order valence-corrected chi connectivity index (χ1v) is 5.96. The number of thiophene rings is 1. The molecule has 0 aromatic carbocycles. The Morgan fingerprint density at radius 3 is 2.50 bits per heavy atom. The molecule has 0 amide bonds. The molecule has 1 aromatic rings. The van der Waals surface area contributed by atoms with Crippen LogP contribution in [-0.4, -0.2) is 11.6 Å². The van der Waals surface area contributed by atoms with Crippen molar-refractivity contribution < 1.29 is 9.53 Å². The first-order valence-electron chi connectivity index (χ1n) is 3.98. The number of esters is 1. The van der Waals surface area contributed by atoms with Crippen molar-refractivity contribution in [2.24, 2.45) is 0 Å². The van der Waals surface area contributed by atoms with Gasteiger partial charge < -0.3 is 4.74 Å². The normalized spacial score (nSPS) is 11.5. The molecule has 0 aliphatic heterocycles. The third-order valence-electron chi connectivity index (χ3n) is 1.25. The molecule has 0 saturated carbocycles. The molecule has 0 fully saturated rings. The van der Waals surface area contributed by atoms with E-state index >= 15 is 0 Å². The summed E-state index contributed by atoms with van der Waals surface area (Å²) >= 11 is 10.3. The summed E-state index contributed by atoms with van der Waals surface area (Å²) in [6.07, 6.45) is 0. The van der Waals surface area contributed by atoms with E-state index in [-0.39, 0.29) is 5.97 Å². The molecule has 2 nitrogen and oxygen atoms in total. The van der Waals surface area contributed by atoms with Gasteiger partial charge in [-0.1, -0.05) is 11.6 Å². The van der Waals surface area contributed by atoms with Gasteiger partial charge in [-0.15, -0.1) is 11.3 Å². The molecule has 0 bridgehead atoms. The Morgan fingerprint density at radius 2 is 2.14 bits per heavy atom. The zero-order valence-corrected chi connectivity index (χ0v) is 11.2. The van der Waals surface area contributed by atoms with Crippen molar-refractivity contribution in [1.82, 2.24) is 0 Å². The fourth-order valence-electron chi connectivity index (χ4n) is 0.776. The van der Waals surface area contributed by atoms with Crippen molar-refractivity contribution in [3.05, 3.63) is 19.8 Å². The molecule has 1 aromatic heterocycles. The van der Waals surface area contributed by atoms with Gasteiger partial charge in [-0.05, 0) is 42.8 Å². The SMILES string of the molecule is CC(C)(C)OC(=O)c1cc(Cl)c(Br)s1. The summed E-state index contributed by atoms with van der Waals surface area (Å²) in [4.78, 5) is 12.0. The molecule has 0 unspecified atom stereocenters. The number of halogens is 2. The second kappa shape index (κ2) is 4.21. The van der Waals surface area contributed by atoms with Crippen LogP contribution in [0.25, 0.3) is 0 Å². The summed E-state index contributed by atoms with van der Waals surface area (Å²) < 4.78 is 5.93. The molecule has 0 radical (unpaired) electrons. The van der Waals surface area contributed by atoms with Gasteiger partial charge in [0.05, 0.1) is 8.81 Å². The van der Waals surface area contributed by atoms with Gasteiger partial charge in [0.25, 0.3) is 0 Å². The number of carbonyl (C=O) groups excluding carboxylic acids is 1. The van der Waals surface area contributed by atoms with Crippen LogP contribution in [0.4, 0.5) is 0 Å².